The van der Waals surface area contributed by atoms with E-state index in [1.807, 2.05) is 12.1 Å². The minimum atomic E-state index is -0.177. The van der Waals surface area contributed by atoms with E-state index in [0.29, 0.717) is 46.4 Å². The second-order valence-electron chi connectivity index (χ2n) is 5.95. The van der Waals surface area contributed by atoms with Crippen molar-refractivity contribution in [3.63, 3.8) is 0 Å². The molecule has 0 saturated carbocycles. The zero-order chi connectivity index (χ0) is 18.5. The van der Waals surface area contributed by atoms with Gasteiger partial charge in [-0.2, -0.15) is 4.98 Å². The molecular weight excluding hydrogens is 350 g/mol. The van der Waals surface area contributed by atoms with Crippen LogP contribution in [0, 0.1) is 0 Å². The zero-order valence-electron chi connectivity index (χ0n) is 14.4. The summed E-state index contributed by atoms with van der Waals surface area (Å²) < 4.78 is 12.4. The van der Waals surface area contributed by atoms with Crippen LogP contribution in [-0.4, -0.2) is 21.1 Å². The molecule has 0 aliphatic carbocycles. The molecule has 26 heavy (non-hydrogen) atoms. The Hall–Kier alpha value is -2.87. The Kier molecular flexibility index (Phi) is 5.52. The molecule has 7 nitrogen and oxygen atoms in total. The quantitative estimate of drug-likeness (QED) is 0.489. The van der Waals surface area contributed by atoms with Gasteiger partial charge in [0.25, 0.3) is 10.5 Å². The predicted molar refractivity (Wildman–Crippen MR) is 103 cm³/mol. The van der Waals surface area contributed by atoms with Crippen molar-refractivity contribution in [3.8, 4) is 0 Å². The molecule has 3 rings (SSSR count). The maximum atomic E-state index is 13.0. The van der Waals surface area contributed by atoms with Crippen molar-refractivity contribution in [1.29, 1.82) is 0 Å². The monoisotopic (exact) mass is 370 g/mol. The van der Waals surface area contributed by atoms with Crippen LogP contribution in [0.4, 0.5) is 11.8 Å². The highest BCUT2D eigenvalue weighted by Gasteiger charge is 2.13. The van der Waals surface area contributed by atoms with Crippen LogP contribution in [0.15, 0.2) is 46.2 Å². The van der Waals surface area contributed by atoms with E-state index in [9.17, 15) is 9.00 Å². The number of nitrogens with zero attached hydrogens (tertiary/aromatic N) is 3. The van der Waals surface area contributed by atoms with Gasteiger partial charge in [0.15, 0.2) is 0 Å². The highest BCUT2D eigenvalue weighted by molar-refractivity contribution is 7.65. The van der Waals surface area contributed by atoms with Crippen LogP contribution < -0.4 is 16.6 Å². The second kappa shape index (κ2) is 8.01. The van der Waals surface area contributed by atoms with Gasteiger partial charge >= 0.3 is 11.7 Å². The molecule has 0 aliphatic rings. The molecule has 0 saturated heterocycles. The van der Waals surface area contributed by atoms with Crippen molar-refractivity contribution >= 4 is 34.3 Å². The third-order valence-corrected chi connectivity index (χ3v) is 4.50. The Labute approximate surface area is 154 Å². The summed E-state index contributed by atoms with van der Waals surface area (Å²) >= 11 is 0.446. The predicted octanol–water partition coefficient (Wildman–Crippen LogP) is 2.42. The average molecular weight is 370 g/mol. The summed E-state index contributed by atoms with van der Waals surface area (Å²) in [6.07, 6.45) is 3.70. The molecular formula is C18H20N5O2S+. The lowest BCUT2D eigenvalue weighted by Gasteiger charge is -2.11. The van der Waals surface area contributed by atoms with E-state index >= 15 is 0 Å². The smallest absolute Gasteiger partial charge is 0.369 e. The van der Waals surface area contributed by atoms with Gasteiger partial charge in [0.1, 0.15) is 11.2 Å². The molecule has 0 radical (unpaired) electrons. The fraction of sp³-hybridized carbons (Fsp3) is 0.278. The van der Waals surface area contributed by atoms with Crippen LogP contribution in [-0.2, 0) is 22.4 Å². The number of nitrogen functional groups attached to an aromatic ring is 1. The van der Waals surface area contributed by atoms with Gasteiger partial charge in [0.05, 0.1) is 12.1 Å². The lowest BCUT2D eigenvalue weighted by atomic mass is 10.2. The Morgan fingerprint density at radius 2 is 1.96 bits per heavy atom. The normalized spacial score (nSPS) is 10.8. The zero-order valence-corrected chi connectivity index (χ0v) is 15.3. The molecule has 0 aliphatic heterocycles. The van der Waals surface area contributed by atoms with Crippen LogP contribution in [0.5, 0.6) is 0 Å². The lowest BCUT2D eigenvalue weighted by molar-refractivity contribution is 0.605. The topological polar surface area (TPSA) is 103 Å². The van der Waals surface area contributed by atoms with Crippen molar-refractivity contribution in [2.45, 2.75) is 31.2 Å². The van der Waals surface area contributed by atoms with Gasteiger partial charge in [-0.15, -0.1) is 0 Å². The number of nitrogens with two attached hydrogens (primary N) is 1. The summed E-state index contributed by atoms with van der Waals surface area (Å²) in [6.45, 7) is 3.21. The number of benzene rings is 1. The highest BCUT2D eigenvalue weighted by atomic mass is 32.1. The highest BCUT2D eigenvalue weighted by Crippen LogP contribution is 2.18. The van der Waals surface area contributed by atoms with Crippen LogP contribution in [0.3, 0.4) is 0 Å². The van der Waals surface area contributed by atoms with Crippen LogP contribution >= 0.6 is 0 Å². The van der Waals surface area contributed by atoms with Gasteiger partial charge in [-0.3, -0.25) is 4.79 Å². The summed E-state index contributed by atoms with van der Waals surface area (Å²) in [4.78, 5) is 22.0. The Bertz CT molecular complexity index is 985. The fourth-order valence-corrected chi connectivity index (χ4v) is 2.93. The molecule has 2 heterocycles. The number of pyridine rings is 1. The van der Waals surface area contributed by atoms with Gasteiger partial charge in [-0.1, -0.05) is 25.5 Å². The van der Waals surface area contributed by atoms with Gasteiger partial charge in [0.2, 0.25) is 5.95 Å². The van der Waals surface area contributed by atoms with Crippen molar-refractivity contribution in [1.82, 2.24) is 14.5 Å². The van der Waals surface area contributed by atoms with E-state index in [1.165, 1.54) is 0 Å². The first kappa shape index (κ1) is 17.9. The molecule has 8 heteroatoms. The Morgan fingerprint density at radius 3 is 2.65 bits per heavy atom. The summed E-state index contributed by atoms with van der Waals surface area (Å²) in [7, 11) is 0. The molecule has 0 bridgehead atoms. The molecule has 134 valence electrons. The van der Waals surface area contributed by atoms with Crippen molar-refractivity contribution in [2.75, 3.05) is 17.6 Å². The van der Waals surface area contributed by atoms with Gasteiger partial charge < -0.3 is 15.6 Å². The van der Waals surface area contributed by atoms with E-state index in [2.05, 4.69) is 22.2 Å². The number of hydrogen-bond acceptors (Lipinski definition) is 6. The van der Waals surface area contributed by atoms with E-state index < -0.39 is 0 Å². The van der Waals surface area contributed by atoms with Gasteiger partial charge in [0, 0.05) is 29.1 Å². The molecule has 0 unspecified atom stereocenters. The summed E-state index contributed by atoms with van der Waals surface area (Å²) in [5, 5.41) is 3.63. The molecule has 0 spiro atoms. The number of fused-ring (bicyclic) bond motifs is 1. The third-order valence-electron chi connectivity index (χ3n) is 4.04. The van der Waals surface area contributed by atoms with E-state index in [0.717, 1.165) is 18.4 Å². The van der Waals surface area contributed by atoms with E-state index in [1.54, 1.807) is 29.0 Å². The summed E-state index contributed by atoms with van der Waals surface area (Å²) in [6, 6.07) is 8.95. The van der Waals surface area contributed by atoms with Gasteiger partial charge in [-0.25, -0.2) is 4.98 Å². The van der Waals surface area contributed by atoms with Crippen molar-refractivity contribution in [2.24, 2.45) is 0 Å². The van der Waals surface area contributed by atoms with Crippen molar-refractivity contribution < 1.29 is 4.21 Å². The standard InChI is InChI=1S/C18H19N5O2S/c1-2-3-9-20-16-15-14(21-18(19)22-16)8-10-23(17(15)24)11-12-4-6-13(26-25)7-5-12/h4-8,10H,2-3,9,11H2,1H3,(H2-,19,20,21,22,24)/p+1. The summed E-state index contributed by atoms with van der Waals surface area (Å²) in [5.41, 5.74) is 7.05. The number of hydrogen-bond donors (Lipinski definition) is 2. The third kappa shape index (κ3) is 3.85. The minimum absolute atomic E-state index is 0.138. The van der Waals surface area contributed by atoms with Crippen LogP contribution in [0.2, 0.25) is 0 Å². The van der Waals surface area contributed by atoms with E-state index in [4.69, 9.17) is 5.73 Å². The largest absolute Gasteiger partial charge is 0.505 e. The SMILES string of the molecule is CCCCNc1nc(N)nc2ccn(Cc3ccc([S+]=O)cc3)c(=O)c12. The molecule has 3 N–H and O–H groups in total. The first-order valence-electron chi connectivity index (χ1n) is 8.41. The second-order valence-corrected chi connectivity index (χ2v) is 6.59. The summed E-state index contributed by atoms with van der Waals surface area (Å²) in [5.74, 6) is 0.609. The molecule has 0 atom stereocenters. The molecule has 3 aromatic rings. The minimum Gasteiger partial charge on any atom is -0.369 e. The number of nitrogens with one attached hydrogen (secondary N) is 1. The Morgan fingerprint density at radius 1 is 1.19 bits per heavy atom. The molecule has 2 aromatic heterocycles. The van der Waals surface area contributed by atoms with E-state index in [-0.39, 0.29) is 11.5 Å². The van der Waals surface area contributed by atoms with Gasteiger partial charge in [-0.05, 0) is 18.1 Å². The van der Waals surface area contributed by atoms with Crippen LogP contribution in [0.25, 0.3) is 10.9 Å². The lowest BCUT2D eigenvalue weighted by Crippen LogP contribution is -2.22. The molecule has 0 fully saturated rings. The molecule has 0 amide bonds. The molecule has 1 aromatic carbocycles. The number of rotatable bonds is 7. The Balaban J connectivity index is 2.00. The maximum absolute atomic E-state index is 13.0. The first-order valence-corrected chi connectivity index (χ1v) is 9.16. The number of aromatic nitrogens is 3. The number of unbranched alkanes of at least 4 members (excludes halogenated alkanes) is 1. The average Bonchev–Trinajstić information content (AvgIpc) is 2.64. The first-order chi connectivity index (χ1) is 12.6. The fourth-order valence-electron chi connectivity index (χ4n) is 2.68. The van der Waals surface area contributed by atoms with Crippen LogP contribution in [0.1, 0.15) is 25.3 Å². The number of anilines is 2. The maximum Gasteiger partial charge on any atom is 0.505 e. The van der Waals surface area contributed by atoms with Crippen molar-refractivity contribution in [3.05, 3.63) is 52.4 Å².